The molecule has 1 aliphatic rings. The molecule has 1 saturated heterocycles. The van der Waals surface area contributed by atoms with Crippen LogP contribution in [0, 0.1) is 0 Å². The van der Waals surface area contributed by atoms with Crippen molar-refractivity contribution in [1.29, 1.82) is 0 Å². The number of carbonyl (C=O) groups is 2. The molecule has 0 saturated carbocycles. The van der Waals surface area contributed by atoms with E-state index in [0.717, 1.165) is 5.56 Å². The predicted molar refractivity (Wildman–Crippen MR) is 91.7 cm³/mol. The van der Waals surface area contributed by atoms with Crippen molar-refractivity contribution in [3.63, 3.8) is 0 Å². The van der Waals surface area contributed by atoms with E-state index in [1.165, 1.54) is 0 Å². The fraction of sp³-hybridized carbons (Fsp3) is 0.368. The molecule has 1 aromatic heterocycles. The number of carboxylic acids is 1. The van der Waals surface area contributed by atoms with Crippen molar-refractivity contribution in [2.24, 2.45) is 0 Å². The van der Waals surface area contributed by atoms with Crippen molar-refractivity contribution >= 4 is 11.9 Å². The highest BCUT2D eigenvalue weighted by Crippen LogP contribution is 2.34. The zero-order chi connectivity index (χ0) is 18.0. The number of benzene rings is 1. The highest BCUT2D eigenvalue weighted by atomic mass is 16.4. The number of hydrogen-bond acceptors (Lipinski definition) is 4. The van der Waals surface area contributed by atoms with Crippen LogP contribution in [0.25, 0.3) is 0 Å². The van der Waals surface area contributed by atoms with E-state index in [2.05, 4.69) is 0 Å². The molecule has 1 aromatic carbocycles. The third kappa shape index (κ3) is 3.44. The van der Waals surface area contributed by atoms with E-state index in [9.17, 15) is 14.7 Å². The smallest absolute Gasteiger partial charge is 0.323 e. The molecule has 6 heteroatoms. The van der Waals surface area contributed by atoms with Crippen molar-refractivity contribution in [2.75, 3.05) is 6.54 Å². The lowest BCUT2D eigenvalue weighted by atomic mass is 9.92. The molecule has 2 heterocycles. The minimum Gasteiger partial charge on any atom is -0.480 e. The molecule has 0 spiro atoms. The summed E-state index contributed by atoms with van der Waals surface area (Å²) < 4.78 is 5.36. The van der Waals surface area contributed by atoms with Crippen LogP contribution in [0.15, 0.2) is 53.1 Å². The van der Waals surface area contributed by atoms with Crippen molar-refractivity contribution in [3.05, 3.63) is 60.1 Å². The Morgan fingerprint density at radius 1 is 1.24 bits per heavy atom. The summed E-state index contributed by atoms with van der Waals surface area (Å²) in [6.45, 7) is 4.16. The fourth-order valence-corrected chi connectivity index (χ4v) is 3.51. The van der Waals surface area contributed by atoms with Crippen LogP contribution < -0.4 is 0 Å². The SMILES string of the molecule is CC(C)N1C(=O)CN(Cc2ccco2)[C@H](C(=O)O)[C@H]1c1ccccc1. The Kier molecular flexibility index (Phi) is 4.90. The summed E-state index contributed by atoms with van der Waals surface area (Å²) >= 11 is 0. The first-order valence-corrected chi connectivity index (χ1v) is 8.34. The zero-order valence-electron chi connectivity index (χ0n) is 14.3. The monoisotopic (exact) mass is 342 g/mol. The summed E-state index contributed by atoms with van der Waals surface area (Å²) in [5.74, 6) is -0.379. The van der Waals surface area contributed by atoms with E-state index in [4.69, 9.17) is 4.42 Å². The minimum atomic E-state index is -0.946. The molecule has 2 atom stereocenters. The second kappa shape index (κ2) is 7.11. The number of carboxylic acid groups (broad SMARTS) is 1. The molecule has 0 bridgehead atoms. The van der Waals surface area contributed by atoms with Crippen LogP contribution >= 0.6 is 0 Å². The van der Waals surface area contributed by atoms with E-state index < -0.39 is 18.1 Å². The largest absolute Gasteiger partial charge is 0.480 e. The van der Waals surface area contributed by atoms with Gasteiger partial charge in [-0.05, 0) is 31.5 Å². The van der Waals surface area contributed by atoms with Crippen molar-refractivity contribution in [1.82, 2.24) is 9.80 Å². The molecule has 0 aliphatic carbocycles. The van der Waals surface area contributed by atoms with Gasteiger partial charge in [0.2, 0.25) is 5.91 Å². The second-order valence-electron chi connectivity index (χ2n) is 6.52. The number of piperazine rings is 1. The van der Waals surface area contributed by atoms with Gasteiger partial charge in [0.05, 0.1) is 25.4 Å². The Hall–Kier alpha value is -2.60. The molecule has 2 aromatic rings. The molecular weight excluding hydrogens is 320 g/mol. The molecule has 25 heavy (non-hydrogen) atoms. The Labute approximate surface area is 146 Å². The molecule has 132 valence electrons. The average molecular weight is 342 g/mol. The first kappa shape index (κ1) is 17.2. The van der Waals surface area contributed by atoms with Gasteiger partial charge in [0.15, 0.2) is 0 Å². The molecule has 0 radical (unpaired) electrons. The highest BCUT2D eigenvalue weighted by Gasteiger charge is 2.46. The summed E-state index contributed by atoms with van der Waals surface area (Å²) in [7, 11) is 0. The number of hydrogen-bond donors (Lipinski definition) is 1. The number of amides is 1. The third-order valence-electron chi connectivity index (χ3n) is 4.51. The molecule has 3 rings (SSSR count). The summed E-state index contributed by atoms with van der Waals surface area (Å²) in [5.41, 5.74) is 0.820. The minimum absolute atomic E-state index is 0.0547. The number of aliphatic carboxylic acids is 1. The van der Waals surface area contributed by atoms with E-state index in [-0.39, 0.29) is 25.0 Å². The van der Waals surface area contributed by atoms with Crippen LogP contribution in [0.5, 0.6) is 0 Å². The van der Waals surface area contributed by atoms with Crippen LogP contribution in [-0.4, -0.2) is 45.4 Å². The van der Waals surface area contributed by atoms with Gasteiger partial charge in [-0.25, -0.2) is 0 Å². The number of nitrogens with zero attached hydrogens (tertiary/aromatic N) is 2. The van der Waals surface area contributed by atoms with Gasteiger partial charge < -0.3 is 14.4 Å². The summed E-state index contributed by atoms with van der Waals surface area (Å²) in [4.78, 5) is 28.3. The molecule has 6 nitrogen and oxygen atoms in total. The standard InChI is InChI=1S/C19H22N2O4/c1-13(2)21-16(22)12-20(11-15-9-6-10-25-15)18(19(23)24)17(21)14-7-4-3-5-8-14/h3-10,13,17-18H,11-12H2,1-2H3,(H,23,24)/t17-,18+/m1/s1. The Morgan fingerprint density at radius 2 is 1.96 bits per heavy atom. The van der Waals surface area contributed by atoms with E-state index >= 15 is 0 Å². The molecule has 1 amide bonds. The topological polar surface area (TPSA) is 74.0 Å². The van der Waals surface area contributed by atoms with E-state index in [0.29, 0.717) is 5.76 Å². The molecule has 1 fully saturated rings. The Bertz CT molecular complexity index is 727. The van der Waals surface area contributed by atoms with Gasteiger partial charge in [-0.2, -0.15) is 0 Å². The first-order chi connectivity index (χ1) is 12.0. The quantitative estimate of drug-likeness (QED) is 0.904. The lowest BCUT2D eigenvalue weighted by molar-refractivity contribution is -0.160. The summed E-state index contributed by atoms with van der Waals surface area (Å²) in [6.07, 6.45) is 1.55. The van der Waals surface area contributed by atoms with Gasteiger partial charge in [0.1, 0.15) is 11.8 Å². The Balaban J connectivity index is 2.03. The van der Waals surface area contributed by atoms with Crippen LogP contribution in [0.4, 0.5) is 0 Å². The van der Waals surface area contributed by atoms with Crippen LogP contribution in [-0.2, 0) is 16.1 Å². The van der Waals surface area contributed by atoms with Gasteiger partial charge in [-0.1, -0.05) is 30.3 Å². The number of furan rings is 1. The van der Waals surface area contributed by atoms with Gasteiger partial charge in [0.25, 0.3) is 0 Å². The van der Waals surface area contributed by atoms with Gasteiger partial charge in [-0.3, -0.25) is 14.5 Å². The normalized spacial score (nSPS) is 21.7. The van der Waals surface area contributed by atoms with E-state index in [1.807, 2.05) is 44.2 Å². The van der Waals surface area contributed by atoms with Crippen LogP contribution in [0.1, 0.15) is 31.2 Å². The lowest BCUT2D eigenvalue weighted by Gasteiger charge is -2.47. The molecule has 1 aliphatic heterocycles. The molecule has 0 unspecified atom stereocenters. The number of rotatable bonds is 5. The van der Waals surface area contributed by atoms with E-state index in [1.54, 1.807) is 28.2 Å². The zero-order valence-corrected chi connectivity index (χ0v) is 14.3. The van der Waals surface area contributed by atoms with Crippen molar-refractivity contribution in [2.45, 2.75) is 38.5 Å². The Morgan fingerprint density at radius 3 is 2.52 bits per heavy atom. The molecular formula is C19H22N2O4. The highest BCUT2D eigenvalue weighted by molar-refractivity contribution is 5.85. The second-order valence-corrected chi connectivity index (χ2v) is 6.52. The van der Waals surface area contributed by atoms with Crippen molar-refractivity contribution < 1.29 is 19.1 Å². The van der Waals surface area contributed by atoms with Crippen LogP contribution in [0.2, 0.25) is 0 Å². The number of carbonyl (C=O) groups excluding carboxylic acids is 1. The summed E-state index contributed by atoms with van der Waals surface area (Å²) in [5, 5.41) is 9.94. The average Bonchev–Trinajstić information content (AvgIpc) is 3.07. The molecule has 1 N–H and O–H groups in total. The van der Waals surface area contributed by atoms with Crippen molar-refractivity contribution in [3.8, 4) is 0 Å². The van der Waals surface area contributed by atoms with Gasteiger partial charge in [0, 0.05) is 6.04 Å². The fourth-order valence-electron chi connectivity index (χ4n) is 3.51. The maximum Gasteiger partial charge on any atom is 0.323 e. The van der Waals surface area contributed by atoms with Gasteiger partial charge in [-0.15, -0.1) is 0 Å². The van der Waals surface area contributed by atoms with Crippen LogP contribution in [0.3, 0.4) is 0 Å². The van der Waals surface area contributed by atoms with Gasteiger partial charge >= 0.3 is 5.97 Å². The maximum absolute atomic E-state index is 12.8. The summed E-state index contributed by atoms with van der Waals surface area (Å²) in [6, 6.07) is 11.4. The maximum atomic E-state index is 12.8. The lowest BCUT2D eigenvalue weighted by Crippen LogP contribution is -2.61. The third-order valence-corrected chi connectivity index (χ3v) is 4.51. The predicted octanol–water partition coefficient (Wildman–Crippen LogP) is 2.53. The first-order valence-electron chi connectivity index (χ1n) is 8.34.